The third-order valence-electron chi connectivity index (χ3n) is 5.18. The molecule has 128 valence electrons. The van der Waals surface area contributed by atoms with Gasteiger partial charge in [-0.3, -0.25) is 4.57 Å². The highest BCUT2D eigenvalue weighted by atomic mass is 35.5. The van der Waals surface area contributed by atoms with Crippen molar-refractivity contribution in [3.8, 4) is 0 Å². The van der Waals surface area contributed by atoms with E-state index in [1.807, 2.05) is 18.4 Å². The minimum Gasteiger partial charge on any atom is -0.382 e. The van der Waals surface area contributed by atoms with E-state index < -0.39 is 5.79 Å². The van der Waals surface area contributed by atoms with Gasteiger partial charge in [-0.2, -0.15) is 0 Å². The zero-order valence-corrected chi connectivity index (χ0v) is 14.1. The summed E-state index contributed by atoms with van der Waals surface area (Å²) in [5.74, 6) is 0.494. The Labute approximate surface area is 143 Å². The lowest BCUT2D eigenvalue weighted by molar-refractivity contribution is -0.203. The van der Waals surface area contributed by atoms with Crippen molar-refractivity contribution < 1.29 is 14.2 Å². The molecule has 2 aromatic rings. The van der Waals surface area contributed by atoms with Crippen LogP contribution < -0.4 is 5.73 Å². The molecule has 0 aromatic carbocycles. The molecule has 2 saturated heterocycles. The number of hydrogen-bond donors (Lipinski definition) is 1. The van der Waals surface area contributed by atoms with Gasteiger partial charge in [0.05, 0.1) is 6.33 Å². The number of nitrogen functional groups attached to an aromatic ring is 1. The van der Waals surface area contributed by atoms with E-state index in [9.17, 15) is 0 Å². The van der Waals surface area contributed by atoms with Crippen molar-refractivity contribution in [2.45, 2.75) is 50.1 Å². The van der Waals surface area contributed by atoms with Crippen molar-refractivity contribution in [3.05, 3.63) is 12.7 Å². The summed E-state index contributed by atoms with van der Waals surface area (Å²) in [7, 11) is 0. The summed E-state index contributed by atoms with van der Waals surface area (Å²) < 4.78 is 20.6. The second-order valence-corrected chi connectivity index (χ2v) is 7.43. The van der Waals surface area contributed by atoms with Crippen LogP contribution in [-0.4, -0.2) is 49.0 Å². The first-order valence-corrected chi connectivity index (χ1v) is 8.51. The zero-order chi connectivity index (χ0) is 16.7. The molecule has 2 N–H and O–H groups in total. The molecule has 3 fully saturated rings. The van der Waals surface area contributed by atoms with Gasteiger partial charge in [0, 0.05) is 11.8 Å². The Morgan fingerprint density at radius 3 is 2.88 bits per heavy atom. The number of imidazole rings is 1. The van der Waals surface area contributed by atoms with Crippen molar-refractivity contribution in [3.63, 3.8) is 0 Å². The van der Waals surface area contributed by atoms with E-state index in [-0.39, 0.29) is 30.0 Å². The van der Waals surface area contributed by atoms with Crippen molar-refractivity contribution >= 4 is 28.6 Å². The molecule has 8 nitrogen and oxygen atoms in total. The highest BCUT2D eigenvalue weighted by Gasteiger charge is 2.73. The molecule has 0 amide bonds. The molecule has 1 saturated carbocycles. The van der Waals surface area contributed by atoms with Crippen LogP contribution in [0, 0.1) is 5.92 Å². The third-order valence-corrected chi connectivity index (χ3v) is 5.55. The van der Waals surface area contributed by atoms with Gasteiger partial charge >= 0.3 is 0 Å². The van der Waals surface area contributed by atoms with Crippen LogP contribution >= 0.6 is 11.6 Å². The molecule has 5 atom stereocenters. The van der Waals surface area contributed by atoms with Crippen LogP contribution in [0.3, 0.4) is 0 Å². The lowest BCUT2D eigenvalue weighted by Crippen LogP contribution is -2.33. The number of hydrogen-bond acceptors (Lipinski definition) is 7. The fourth-order valence-corrected chi connectivity index (χ4v) is 4.38. The Hall–Kier alpha value is -1.48. The standard InChI is InChI=1S/C15H18ClN5O3/c1-14(2)22-9-10(23-14)15(3-7(15)4-16)24-13(9)21-6-20-8-11(17)18-5-19-12(8)21/h5-7,9-10,13H,3-4H2,1-2H3,(H2,17,18,19)/t7-,9?,10?,13?,15+/m0/s1. The zero-order valence-electron chi connectivity index (χ0n) is 13.3. The summed E-state index contributed by atoms with van der Waals surface area (Å²) in [6.45, 7) is 3.83. The summed E-state index contributed by atoms with van der Waals surface area (Å²) in [6.07, 6.45) is 3.18. The molecule has 9 heteroatoms. The molecule has 0 bridgehead atoms. The maximum atomic E-state index is 6.40. The predicted molar refractivity (Wildman–Crippen MR) is 85.2 cm³/mol. The van der Waals surface area contributed by atoms with Crippen LogP contribution in [0.2, 0.25) is 0 Å². The molecule has 3 aliphatic rings. The first kappa shape index (κ1) is 14.8. The smallest absolute Gasteiger partial charge is 0.167 e. The molecular formula is C15H18ClN5O3. The maximum Gasteiger partial charge on any atom is 0.167 e. The van der Waals surface area contributed by atoms with Gasteiger partial charge in [-0.25, -0.2) is 15.0 Å². The van der Waals surface area contributed by atoms with E-state index in [1.54, 1.807) is 6.33 Å². The molecule has 2 aliphatic heterocycles. The number of ether oxygens (including phenoxy) is 3. The highest BCUT2D eigenvalue weighted by molar-refractivity contribution is 6.18. The number of nitrogens with two attached hydrogens (primary N) is 1. The Morgan fingerprint density at radius 2 is 2.12 bits per heavy atom. The predicted octanol–water partition coefficient (Wildman–Crippen LogP) is 1.45. The minimum absolute atomic E-state index is 0.155. The van der Waals surface area contributed by atoms with Crippen LogP contribution in [0.15, 0.2) is 12.7 Å². The number of rotatable bonds is 2. The van der Waals surface area contributed by atoms with Gasteiger partial charge in [0.25, 0.3) is 0 Å². The Bertz CT molecular complexity index is 827. The summed E-state index contributed by atoms with van der Waals surface area (Å²) in [5.41, 5.74) is 6.68. The molecule has 5 rings (SSSR count). The quantitative estimate of drug-likeness (QED) is 0.818. The van der Waals surface area contributed by atoms with Crippen molar-refractivity contribution in [2.75, 3.05) is 11.6 Å². The first-order valence-electron chi connectivity index (χ1n) is 7.97. The number of nitrogens with zero attached hydrogens (tertiary/aromatic N) is 4. The second kappa shape index (κ2) is 4.57. The molecule has 24 heavy (non-hydrogen) atoms. The number of alkyl halides is 1. The summed E-state index contributed by atoms with van der Waals surface area (Å²) in [4.78, 5) is 12.6. The fraction of sp³-hybridized carbons (Fsp3) is 0.667. The van der Waals surface area contributed by atoms with Gasteiger partial charge < -0.3 is 19.9 Å². The van der Waals surface area contributed by atoms with E-state index in [0.29, 0.717) is 22.9 Å². The van der Waals surface area contributed by atoms with E-state index in [0.717, 1.165) is 6.42 Å². The number of halogens is 1. The first-order chi connectivity index (χ1) is 11.5. The fourth-order valence-electron chi connectivity index (χ4n) is 4.01. The van der Waals surface area contributed by atoms with Gasteiger partial charge in [-0.05, 0) is 20.3 Å². The van der Waals surface area contributed by atoms with E-state index in [1.165, 1.54) is 6.33 Å². The van der Waals surface area contributed by atoms with Crippen LogP contribution in [0.25, 0.3) is 11.2 Å². The van der Waals surface area contributed by atoms with E-state index in [2.05, 4.69) is 15.0 Å². The number of aromatic nitrogens is 4. The van der Waals surface area contributed by atoms with Gasteiger partial charge in [0.1, 0.15) is 29.7 Å². The normalized spacial score (nSPS) is 39.6. The average Bonchev–Trinajstić information content (AvgIpc) is 2.78. The van der Waals surface area contributed by atoms with Crippen molar-refractivity contribution in [2.24, 2.45) is 5.92 Å². The highest BCUT2D eigenvalue weighted by Crippen LogP contribution is 2.62. The Kier molecular flexibility index (Phi) is 2.82. The molecule has 2 aromatic heterocycles. The van der Waals surface area contributed by atoms with Crippen LogP contribution in [-0.2, 0) is 14.2 Å². The molecule has 0 radical (unpaired) electrons. The van der Waals surface area contributed by atoms with Crippen molar-refractivity contribution in [1.82, 2.24) is 19.5 Å². The van der Waals surface area contributed by atoms with Gasteiger partial charge in [0.2, 0.25) is 0 Å². The topological polar surface area (TPSA) is 97.3 Å². The van der Waals surface area contributed by atoms with Crippen LogP contribution in [0.1, 0.15) is 26.5 Å². The lowest BCUT2D eigenvalue weighted by Gasteiger charge is -2.25. The summed E-state index contributed by atoms with van der Waals surface area (Å²) >= 11 is 6.09. The monoisotopic (exact) mass is 351 g/mol. The second-order valence-electron chi connectivity index (χ2n) is 7.12. The van der Waals surface area contributed by atoms with Gasteiger partial charge in [-0.1, -0.05) is 0 Å². The van der Waals surface area contributed by atoms with Gasteiger partial charge in [0.15, 0.2) is 23.5 Å². The molecular weight excluding hydrogens is 334 g/mol. The molecule has 3 unspecified atom stereocenters. The van der Waals surface area contributed by atoms with Crippen LogP contribution in [0.5, 0.6) is 0 Å². The Morgan fingerprint density at radius 1 is 1.29 bits per heavy atom. The number of fused-ring (bicyclic) bond motifs is 3. The van der Waals surface area contributed by atoms with E-state index >= 15 is 0 Å². The molecule has 1 aliphatic carbocycles. The van der Waals surface area contributed by atoms with E-state index in [4.69, 9.17) is 31.5 Å². The molecule has 1 spiro atoms. The summed E-state index contributed by atoms with van der Waals surface area (Å²) in [6, 6.07) is 0. The Balaban J connectivity index is 1.59. The molecule has 4 heterocycles. The van der Waals surface area contributed by atoms with Gasteiger partial charge in [-0.15, -0.1) is 11.6 Å². The van der Waals surface area contributed by atoms with Crippen LogP contribution in [0.4, 0.5) is 5.82 Å². The third kappa shape index (κ3) is 1.82. The average molecular weight is 352 g/mol. The van der Waals surface area contributed by atoms with Crippen molar-refractivity contribution in [1.29, 1.82) is 0 Å². The SMILES string of the molecule is CC1(C)OC2C(n3cnc4c(N)ncnc43)O[C@@]3(C[C@H]3CCl)C2O1. The largest absolute Gasteiger partial charge is 0.382 e. The maximum absolute atomic E-state index is 6.40. The number of anilines is 1. The minimum atomic E-state index is -0.659. The summed E-state index contributed by atoms with van der Waals surface area (Å²) in [5, 5.41) is 0. The lowest BCUT2D eigenvalue weighted by atomic mass is 10.1.